The Morgan fingerprint density at radius 2 is 1.85 bits per heavy atom. The van der Waals surface area contributed by atoms with Gasteiger partial charge in [0, 0.05) is 70.9 Å². The molecule has 4 rings (SSSR count). The van der Waals surface area contributed by atoms with E-state index in [0.29, 0.717) is 26.1 Å². The van der Waals surface area contributed by atoms with Crippen LogP contribution >= 0.6 is 0 Å². The summed E-state index contributed by atoms with van der Waals surface area (Å²) in [5.41, 5.74) is -0.509. The Morgan fingerprint density at radius 1 is 1.23 bits per heavy atom. The molecule has 0 atom stereocenters. The van der Waals surface area contributed by atoms with Crippen LogP contribution in [0.2, 0.25) is 0 Å². The summed E-state index contributed by atoms with van der Waals surface area (Å²) in [4.78, 5) is 2.41. The van der Waals surface area contributed by atoms with Crippen molar-refractivity contribution in [2.75, 3.05) is 39.4 Å². The number of alkyl halides is 2. The third kappa shape index (κ3) is 2.96. The van der Waals surface area contributed by atoms with Crippen LogP contribution in [-0.4, -0.2) is 72.8 Å². The quantitative estimate of drug-likeness (QED) is 0.768. The number of hydrogen-bond acceptors (Lipinski definition) is 5. The van der Waals surface area contributed by atoms with E-state index >= 15 is 0 Å². The largest absolute Gasteiger partial charge is 0.381 e. The summed E-state index contributed by atoms with van der Waals surface area (Å²) in [6, 6.07) is 1.52. The molecule has 0 N–H and O–H groups in total. The third-order valence-corrected chi connectivity index (χ3v) is 7.55. The highest BCUT2D eigenvalue weighted by Crippen LogP contribution is 2.44. The molecule has 7 nitrogen and oxygen atoms in total. The maximum atomic E-state index is 13.4. The van der Waals surface area contributed by atoms with Crippen LogP contribution in [0.1, 0.15) is 25.5 Å². The Morgan fingerprint density at radius 3 is 2.38 bits per heavy atom. The van der Waals surface area contributed by atoms with Crippen molar-refractivity contribution in [2.45, 2.75) is 36.8 Å². The molecule has 3 saturated heterocycles. The number of nitrogens with zero attached hydrogens (tertiary/aromatic N) is 4. The van der Waals surface area contributed by atoms with Crippen molar-refractivity contribution in [3.8, 4) is 0 Å². The monoisotopic (exact) mass is 390 g/mol. The van der Waals surface area contributed by atoms with Crippen LogP contribution in [-0.2, 0) is 27.7 Å². The van der Waals surface area contributed by atoms with E-state index < -0.39 is 21.6 Å². The number of ether oxygens (including phenoxy) is 1. The second kappa shape index (κ2) is 5.95. The number of rotatable bonds is 4. The zero-order valence-electron chi connectivity index (χ0n) is 15.0. The topological polar surface area (TPSA) is 67.7 Å². The highest BCUT2D eigenvalue weighted by Gasteiger charge is 2.56. The van der Waals surface area contributed by atoms with E-state index in [2.05, 4.69) is 10.00 Å². The molecule has 1 aromatic rings. The molecule has 4 heterocycles. The van der Waals surface area contributed by atoms with Gasteiger partial charge in [0.2, 0.25) is 0 Å². The smallest absolute Gasteiger partial charge is 0.288 e. The molecule has 0 saturated carbocycles. The van der Waals surface area contributed by atoms with Gasteiger partial charge in [-0.1, -0.05) is 0 Å². The molecule has 0 unspecified atom stereocenters. The molecule has 0 bridgehead atoms. The minimum Gasteiger partial charge on any atom is -0.381 e. The Bertz CT molecular complexity index is 785. The molecule has 1 aromatic heterocycles. The van der Waals surface area contributed by atoms with E-state index in [1.54, 1.807) is 0 Å². The van der Waals surface area contributed by atoms with E-state index in [4.69, 9.17) is 4.74 Å². The first-order valence-corrected chi connectivity index (χ1v) is 10.3. The Hall–Kier alpha value is -1.10. The van der Waals surface area contributed by atoms with E-state index in [9.17, 15) is 17.2 Å². The molecule has 1 spiro atoms. The molecule has 0 aliphatic carbocycles. The lowest BCUT2D eigenvalue weighted by Gasteiger charge is -2.61. The number of sulfonamides is 1. The van der Waals surface area contributed by atoms with Crippen LogP contribution in [0.15, 0.2) is 11.1 Å². The highest BCUT2D eigenvalue weighted by atomic mass is 32.2. The number of hydrogen-bond donors (Lipinski definition) is 0. The standard InChI is InChI=1S/C16H24F2N4O3S/c1-15(17,18)13-7-14(20(2)19-13)26(23,24)22-10-16(11-22)8-21(9-16)12-3-5-25-6-4-12/h7,12H,3-6,8-11H2,1-2H3. The van der Waals surface area contributed by atoms with Gasteiger partial charge >= 0.3 is 0 Å². The molecule has 3 fully saturated rings. The summed E-state index contributed by atoms with van der Waals surface area (Å²) >= 11 is 0. The van der Waals surface area contributed by atoms with Crippen molar-refractivity contribution in [3.63, 3.8) is 0 Å². The van der Waals surface area contributed by atoms with Crippen molar-refractivity contribution in [1.29, 1.82) is 0 Å². The number of likely N-dealkylation sites (tertiary alicyclic amines) is 1. The molecule has 3 aliphatic rings. The zero-order chi connectivity index (χ0) is 18.7. The van der Waals surface area contributed by atoms with E-state index in [-0.39, 0.29) is 10.4 Å². The lowest BCUT2D eigenvalue weighted by Crippen LogP contribution is -2.74. The SMILES string of the molecule is Cn1nc(C(C)(F)F)cc1S(=O)(=O)N1CC2(CN(C3CCOCC3)C2)C1. The van der Waals surface area contributed by atoms with Gasteiger partial charge in [0.15, 0.2) is 5.03 Å². The molecule has 10 heteroatoms. The van der Waals surface area contributed by atoms with E-state index in [1.807, 2.05) is 0 Å². The van der Waals surface area contributed by atoms with Gasteiger partial charge in [0.1, 0.15) is 5.69 Å². The van der Waals surface area contributed by atoms with Crippen molar-refractivity contribution in [2.24, 2.45) is 12.5 Å². The van der Waals surface area contributed by atoms with Crippen LogP contribution < -0.4 is 0 Å². The van der Waals surface area contributed by atoms with E-state index in [1.165, 1.54) is 11.4 Å². The summed E-state index contributed by atoms with van der Waals surface area (Å²) in [6.07, 6.45) is 2.06. The van der Waals surface area contributed by atoms with Gasteiger partial charge in [-0.2, -0.15) is 18.2 Å². The highest BCUT2D eigenvalue weighted by molar-refractivity contribution is 7.89. The zero-order valence-corrected chi connectivity index (χ0v) is 15.8. The second-order valence-corrected chi connectivity index (χ2v) is 9.79. The van der Waals surface area contributed by atoms with Gasteiger partial charge in [-0.25, -0.2) is 8.42 Å². The third-order valence-electron chi connectivity index (χ3n) is 5.70. The molecular formula is C16H24F2N4O3S. The molecular weight excluding hydrogens is 366 g/mol. The minimum absolute atomic E-state index is 0.0154. The summed E-state index contributed by atoms with van der Waals surface area (Å²) in [5, 5.41) is 3.50. The maximum Gasteiger partial charge on any atom is 0.288 e. The molecule has 0 aromatic carbocycles. The Balaban J connectivity index is 1.40. The summed E-state index contributed by atoms with van der Waals surface area (Å²) in [7, 11) is -2.42. The fraction of sp³-hybridized carbons (Fsp3) is 0.812. The molecule has 26 heavy (non-hydrogen) atoms. The first kappa shape index (κ1) is 18.3. The van der Waals surface area contributed by atoms with Crippen molar-refractivity contribution in [3.05, 3.63) is 11.8 Å². The van der Waals surface area contributed by atoms with Crippen LogP contribution in [0.3, 0.4) is 0 Å². The number of halogens is 2. The average molecular weight is 390 g/mol. The fourth-order valence-corrected chi connectivity index (χ4v) is 6.02. The lowest BCUT2D eigenvalue weighted by atomic mass is 9.73. The van der Waals surface area contributed by atoms with Gasteiger partial charge in [-0.05, 0) is 12.8 Å². The molecule has 3 aliphatic heterocycles. The second-order valence-electron chi connectivity index (χ2n) is 7.90. The average Bonchev–Trinajstić information content (AvgIpc) is 2.88. The van der Waals surface area contributed by atoms with Gasteiger partial charge in [0.25, 0.3) is 15.9 Å². The number of aryl methyl sites for hydroxylation is 1. The van der Waals surface area contributed by atoms with Crippen molar-refractivity contribution in [1.82, 2.24) is 19.0 Å². The predicted octanol–water partition coefficient (Wildman–Crippen LogP) is 1.02. The normalized spacial score (nSPS) is 25.2. The molecule has 146 valence electrons. The Labute approximate surface area is 151 Å². The first-order valence-electron chi connectivity index (χ1n) is 8.85. The van der Waals surface area contributed by atoms with Crippen LogP contribution in [0.25, 0.3) is 0 Å². The number of aromatic nitrogens is 2. The van der Waals surface area contributed by atoms with Gasteiger partial charge < -0.3 is 4.74 Å². The van der Waals surface area contributed by atoms with Crippen molar-refractivity contribution < 1.29 is 21.9 Å². The molecule has 0 amide bonds. The van der Waals surface area contributed by atoms with Gasteiger partial charge in [-0.3, -0.25) is 9.58 Å². The molecule has 0 radical (unpaired) electrons. The summed E-state index contributed by atoms with van der Waals surface area (Å²) in [6.45, 7) is 4.97. The lowest BCUT2D eigenvalue weighted by molar-refractivity contribution is -0.116. The maximum absolute atomic E-state index is 13.4. The van der Waals surface area contributed by atoms with E-state index in [0.717, 1.165) is 49.9 Å². The van der Waals surface area contributed by atoms with Gasteiger partial charge in [0.05, 0.1) is 0 Å². The first-order chi connectivity index (χ1) is 12.1. The minimum atomic E-state index is -3.80. The summed E-state index contributed by atoms with van der Waals surface area (Å²) in [5.74, 6) is -3.17. The van der Waals surface area contributed by atoms with Crippen molar-refractivity contribution >= 4 is 10.0 Å². The Kier molecular flexibility index (Phi) is 4.18. The summed E-state index contributed by atoms with van der Waals surface area (Å²) < 4.78 is 60.2. The van der Waals surface area contributed by atoms with Crippen LogP contribution in [0.4, 0.5) is 8.78 Å². The van der Waals surface area contributed by atoms with Crippen LogP contribution in [0, 0.1) is 5.41 Å². The predicted molar refractivity (Wildman–Crippen MR) is 89.4 cm³/mol. The van der Waals surface area contributed by atoms with Crippen LogP contribution in [0.5, 0.6) is 0 Å². The van der Waals surface area contributed by atoms with Gasteiger partial charge in [-0.15, -0.1) is 0 Å². The fourth-order valence-electron chi connectivity index (χ4n) is 4.23.